The van der Waals surface area contributed by atoms with Crippen LogP contribution in [0.25, 0.3) is 0 Å². The molecule has 72 valence electrons. The molecule has 0 aromatic carbocycles. The minimum Gasteiger partial charge on any atom is -0.464 e. The second kappa shape index (κ2) is 4.33. The zero-order valence-corrected chi connectivity index (χ0v) is 8.47. The molecule has 13 heavy (non-hydrogen) atoms. The number of halogens is 1. The van der Waals surface area contributed by atoms with Crippen molar-refractivity contribution in [2.45, 2.75) is 19.9 Å². The predicted molar refractivity (Wildman–Crippen MR) is 51.1 cm³/mol. The Morgan fingerprint density at radius 3 is 2.92 bits per heavy atom. The second-order valence-electron chi connectivity index (χ2n) is 2.73. The third-order valence-electron chi connectivity index (χ3n) is 1.72. The van der Waals surface area contributed by atoms with Gasteiger partial charge in [-0.25, -0.2) is 4.79 Å². The number of esters is 1. The van der Waals surface area contributed by atoms with E-state index in [4.69, 9.17) is 11.6 Å². The lowest BCUT2D eigenvalue weighted by Gasteiger charge is -2.04. The van der Waals surface area contributed by atoms with Crippen molar-refractivity contribution < 1.29 is 9.53 Å². The maximum absolute atomic E-state index is 11.2. The SMILES string of the molecule is CCCn1cc(Cl)cc1C(=O)OC. The summed E-state index contributed by atoms with van der Waals surface area (Å²) in [6.45, 7) is 2.81. The topological polar surface area (TPSA) is 31.2 Å². The maximum atomic E-state index is 11.2. The minimum absolute atomic E-state index is 0.347. The summed E-state index contributed by atoms with van der Waals surface area (Å²) < 4.78 is 6.42. The van der Waals surface area contributed by atoms with E-state index >= 15 is 0 Å². The van der Waals surface area contributed by atoms with Gasteiger partial charge in [0.1, 0.15) is 5.69 Å². The fourth-order valence-corrected chi connectivity index (χ4v) is 1.40. The second-order valence-corrected chi connectivity index (χ2v) is 3.16. The molecule has 1 rings (SSSR count). The number of carbonyl (C=O) groups excluding carboxylic acids is 1. The van der Waals surface area contributed by atoms with Gasteiger partial charge in [0, 0.05) is 12.7 Å². The molecule has 4 heteroatoms. The van der Waals surface area contributed by atoms with Crippen molar-refractivity contribution in [1.29, 1.82) is 0 Å². The van der Waals surface area contributed by atoms with Crippen LogP contribution in [0.5, 0.6) is 0 Å². The number of rotatable bonds is 3. The molecule has 0 N–H and O–H groups in total. The van der Waals surface area contributed by atoms with Crippen molar-refractivity contribution in [2.24, 2.45) is 0 Å². The first-order valence-corrected chi connectivity index (χ1v) is 4.50. The first kappa shape index (κ1) is 10.1. The van der Waals surface area contributed by atoms with Crippen LogP contribution in [0.15, 0.2) is 12.3 Å². The van der Waals surface area contributed by atoms with Crippen LogP contribution < -0.4 is 0 Å². The van der Waals surface area contributed by atoms with E-state index in [0.717, 1.165) is 13.0 Å². The molecule has 0 spiro atoms. The summed E-state index contributed by atoms with van der Waals surface area (Å²) in [6.07, 6.45) is 2.69. The van der Waals surface area contributed by atoms with E-state index in [2.05, 4.69) is 4.74 Å². The van der Waals surface area contributed by atoms with E-state index in [0.29, 0.717) is 10.7 Å². The number of hydrogen-bond acceptors (Lipinski definition) is 2. The van der Waals surface area contributed by atoms with Crippen LogP contribution in [-0.2, 0) is 11.3 Å². The Balaban J connectivity index is 2.96. The summed E-state index contributed by atoms with van der Waals surface area (Å²) in [5.74, 6) is -0.347. The molecule has 3 nitrogen and oxygen atoms in total. The first-order chi connectivity index (χ1) is 6.19. The number of hydrogen-bond donors (Lipinski definition) is 0. The minimum atomic E-state index is -0.347. The Morgan fingerprint density at radius 1 is 1.69 bits per heavy atom. The van der Waals surface area contributed by atoms with E-state index in [-0.39, 0.29) is 5.97 Å². The zero-order chi connectivity index (χ0) is 9.84. The lowest BCUT2D eigenvalue weighted by atomic mass is 10.4. The van der Waals surface area contributed by atoms with Gasteiger partial charge in [-0.15, -0.1) is 0 Å². The van der Waals surface area contributed by atoms with Crippen LogP contribution in [0.3, 0.4) is 0 Å². The third-order valence-corrected chi connectivity index (χ3v) is 1.93. The fourth-order valence-electron chi connectivity index (χ4n) is 1.18. The fraction of sp³-hybridized carbons (Fsp3) is 0.444. The summed E-state index contributed by atoms with van der Waals surface area (Å²) in [5, 5.41) is 0.564. The molecule has 1 aromatic rings. The molecule has 0 amide bonds. The summed E-state index contributed by atoms with van der Waals surface area (Å²) in [6, 6.07) is 1.61. The molecule has 0 aliphatic carbocycles. The Morgan fingerprint density at radius 2 is 2.38 bits per heavy atom. The summed E-state index contributed by atoms with van der Waals surface area (Å²) in [5.41, 5.74) is 0.509. The standard InChI is InChI=1S/C9H12ClNO2/c1-3-4-11-6-7(10)5-8(11)9(12)13-2/h5-6H,3-4H2,1-2H3. The highest BCUT2D eigenvalue weighted by molar-refractivity contribution is 6.30. The molecule has 0 saturated carbocycles. The average Bonchev–Trinajstić information content (AvgIpc) is 2.46. The Kier molecular flexibility index (Phi) is 3.37. The predicted octanol–water partition coefficient (Wildman–Crippen LogP) is 2.34. The normalized spacial score (nSPS) is 10.1. The number of methoxy groups -OCH3 is 1. The summed E-state index contributed by atoms with van der Waals surface area (Å²) in [4.78, 5) is 11.2. The maximum Gasteiger partial charge on any atom is 0.354 e. The van der Waals surface area contributed by atoms with Crippen LogP contribution in [-0.4, -0.2) is 17.6 Å². The molecule has 0 bridgehead atoms. The number of aromatic nitrogens is 1. The summed E-state index contributed by atoms with van der Waals surface area (Å²) in [7, 11) is 1.36. The van der Waals surface area contributed by atoms with Gasteiger partial charge in [-0.3, -0.25) is 0 Å². The lowest BCUT2D eigenvalue weighted by Crippen LogP contribution is -2.09. The van der Waals surface area contributed by atoms with Gasteiger partial charge >= 0.3 is 5.97 Å². The van der Waals surface area contributed by atoms with Crippen molar-refractivity contribution in [3.8, 4) is 0 Å². The highest BCUT2D eigenvalue weighted by Crippen LogP contribution is 2.15. The Bertz CT molecular complexity index is 307. The first-order valence-electron chi connectivity index (χ1n) is 4.13. The highest BCUT2D eigenvalue weighted by atomic mass is 35.5. The number of ether oxygens (including phenoxy) is 1. The quantitative estimate of drug-likeness (QED) is 0.703. The van der Waals surface area contributed by atoms with Gasteiger partial charge in [0.2, 0.25) is 0 Å². The average molecular weight is 202 g/mol. The van der Waals surface area contributed by atoms with Gasteiger partial charge in [0.15, 0.2) is 0 Å². The van der Waals surface area contributed by atoms with Crippen molar-refractivity contribution in [3.05, 3.63) is 23.0 Å². The van der Waals surface area contributed by atoms with Crippen molar-refractivity contribution >= 4 is 17.6 Å². The van der Waals surface area contributed by atoms with E-state index in [1.807, 2.05) is 6.92 Å². The Hall–Kier alpha value is -0.960. The zero-order valence-electron chi connectivity index (χ0n) is 7.71. The molecule has 0 fully saturated rings. The van der Waals surface area contributed by atoms with Gasteiger partial charge in [-0.05, 0) is 12.5 Å². The van der Waals surface area contributed by atoms with E-state index in [9.17, 15) is 4.79 Å². The highest BCUT2D eigenvalue weighted by Gasteiger charge is 2.12. The van der Waals surface area contributed by atoms with Crippen LogP contribution in [0.4, 0.5) is 0 Å². The van der Waals surface area contributed by atoms with Gasteiger partial charge < -0.3 is 9.30 Å². The number of nitrogens with zero attached hydrogens (tertiary/aromatic N) is 1. The van der Waals surface area contributed by atoms with Crippen LogP contribution in [0.2, 0.25) is 5.02 Å². The molecule has 0 saturated heterocycles. The van der Waals surface area contributed by atoms with Crippen molar-refractivity contribution in [1.82, 2.24) is 4.57 Å². The Labute approximate surface area is 82.3 Å². The lowest BCUT2D eigenvalue weighted by molar-refractivity contribution is 0.0588. The molecule has 0 unspecified atom stereocenters. The molecule has 1 heterocycles. The molecule has 0 aliphatic heterocycles. The molecular weight excluding hydrogens is 190 g/mol. The van der Waals surface area contributed by atoms with Gasteiger partial charge in [0.25, 0.3) is 0 Å². The van der Waals surface area contributed by atoms with Crippen LogP contribution in [0, 0.1) is 0 Å². The molecule has 0 aliphatic rings. The van der Waals surface area contributed by atoms with Crippen LogP contribution in [0.1, 0.15) is 23.8 Å². The number of carbonyl (C=O) groups is 1. The van der Waals surface area contributed by atoms with E-state index < -0.39 is 0 Å². The summed E-state index contributed by atoms with van der Waals surface area (Å²) >= 11 is 5.77. The number of aryl methyl sites for hydroxylation is 1. The molecule has 0 radical (unpaired) electrons. The third kappa shape index (κ3) is 2.25. The van der Waals surface area contributed by atoms with Gasteiger partial charge in [0.05, 0.1) is 12.1 Å². The van der Waals surface area contributed by atoms with Gasteiger partial charge in [-0.2, -0.15) is 0 Å². The van der Waals surface area contributed by atoms with Crippen molar-refractivity contribution in [2.75, 3.05) is 7.11 Å². The van der Waals surface area contributed by atoms with E-state index in [1.165, 1.54) is 7.11 Å². The molecular formula is C9H12ClNO2. The smallest absolute Gasteiger partial charge is 0.354 e. The van der Waals surface area contributed by atoms with Crippen LogP contribution >= 0.6 is 11.6 Å². The van der Waals surface area contributed by atoms with E-state index in [1.54, 1.807) is 16.8 Å². The monoisotopic (exact) mass is 201 g/mol. The van der Waals surface area contributed by atoms with Gasteiger partial charge in [-0.1, -0.05) is 18.5 Å². The largest absolute Gasteiger partial charge is 0.464 e. The molecule has 0 atom stereocenters. The molecule has 1 aromatic heterocycles. The van der Waals surface area contributed by atoms with Crippen molar-refractivity contribution in [3.63, 3.8) is 0 Å².